The number of nitrogens with zero attached hydrogens (tertiary/aromatic N) is 2. The molecule has 1 atom stereocenters. The number of hydrogen-bond donors (Lipinski definition) is 0. The average Bonchev–Trinajstić information content (AvgIpc) is 3.22. The van der Waals surface area contributed by atoms with Crippen LogP contribution >= 0.6 is 27.3 Å². The molecule has 5 nitrogen and oxygen atoms in total. The number of aryl methyl sites for hydroxylation is 1. The Morgan fingerprint density at radius 1 is 1.00 bits per heavy atom. The van der Waals surface area contributed by atoms with Crippen LogP contribution in [-0.4, -0.2) is 18.8 Å². The molecule has 0 N–H and O–H groups in total. The smallest absolute Gasteiger partial charge is 0.271 e. The molecule has 0 saturated heterocycles. The van der Waals surface area contributed by atoms with Crippen LogP contribution in [0.2, 0.25) is 0 Å². The molecule has 36 heavy (non-hydrogen) atoms. The van der Waals surface area contributed by atoms with Crippen LogP contribution in [0.4, 0.5) is 0 Å². The van der Waals surface area contributed by atoms with Gasteiger partial charge in [0.1, 0.15) is 11.5 Å². The van der Waals surface area contributed by atoms with E-state index in [0.717, 1.165) is 39.7 Å². The fourth-order valence-corrected chi connectivity index (χ4v) is 6.61. The Morgan fingerprint density at radius 3 is 2.53 bits per heavy atom. The van der Waals surface area contributed by atoms with Crippen LogP contribution in [0.3, 0.4) is 0 Å². The van der Waals surface area contributed by atoms with E-state index in [2.05, 4.69) is 52.3 Å². The van der Waals surface area contributed by atoms with Gasteiger partial charge >= 0.3 is 0 Å². The molecule has 1 aromatic heterocycles. The van der Waals surface area contributed by atoms with Crippen LogP contribution in [0.5, 0.6) is 11.5 Å². The fourth-order valence-electron chi connectivity index (χ4n) is 5.10. The highest BCUT2D eigenvalue weighted by Crippen LogP contribution is 2.41. The van der Waals surface area contributed by atoms with E-state index in [1.807, 2.05) is 41.0 Å². The van der Waals surface area contributed by atoms with Crippen molar-refractivity contribution >= 4 is 39.0 Å². The largest absolute Gasteiger partial charge is 0.496 e. The Hall–Kier alpha value is -3.42. The number of hydrogen-bond acceptors (Lipinski definition) is 5. The van der Waals surface area contributed by atoms with E-state index >= 15 is 0 Å². The summed E-state index contributed by atoms with van der Waals surface area (Å²) in [6, 6.07) is 22.3. The number of rotatable bonds is 4. The molecule has 7 heteroatoms. The van der Waals surface area contributed by atoms with Crippen molar-refractivity contribution in [1.29, 1.82) is 0 Å². The van der Waals surface area contributed by atoms with Crippen molar-refractivity contribution in [2.24, 2.45) is 4.99 Å². The lowest BCUT2D eigenvalue weighted by Gasteiger charge is -2.30. The van der Waals surface area contributed by atoms with E-state index in [0.29, 0.717) is 20.8 Å². The molecule has 6 rings (SSSR count). The first kappa shape index (κ1) is 23.0. The van der Waals surface area contributed by atoms with Crippen molar-refractivity contribution in [3.05, 3.63) is 119 Å². The minimum Gasteiger partial charge on any atom is -0.496 e. The van der Waals surface area contributed by atoms with E-state index in [1.54, 1.807) is 14.2 Å². The van der Waals surface area contributed by atoms with Gasteiger partial charge in [-0.15, -0.1) is 0 Å². The number of thiazole rings is 1. The van der Waals surface area contributed by atoms with Gasteiger partial charge in [-0.25, -0.2) is 4.99 Å². The van der Waals surface area contributed by atoms with Gasteiger partial charge in [-0.05, 0) is 57.6 Å². The molecule has 0 saturated carbocycles. The minimum absolute atomic E-state index is 0.0491. The number of halogens is 1. The molecule has 1 aliphatic carbocycles. The van der Waals surface area contributed by atoms with E-state index in [-0.39, 0.29) is 11.6 Å². The van der Waals surface area contributed by atoms with Crippen molar-refractivity contribution in [2.45, 2.75) is 18.9 Å². The van der Waals surface area contributed by atoms with Gasteiger partial charge in [0.05, 0.1) is 35.0 Å². The van der Waals surface area contributed by atoms with Gasteiger partial charge in [-0.2, -0.15) is 0 Å². The molecule has 0 unspecified atom stereocenters. The Labute approximate surface area is 220 Å². The summed E-state index contributed by atoms with van der Waals surface area (Å²) in [5.74, 6) is 1.30. The molecule has 2 aliphatic rings. The Balaban J connectivity index is 1.61. The monoisotopic (exact) mass is 558 g/mol. The van der Waals surface area contributed by atoms with E-state index in [9.17, 15) is 4.79 Å². The number of methoxy groups -OCH3 is 2. The molecule has 0 amide bonds. The Kier molecular flexibility index (Phi) is 5.90. The van der Waals surface area contributed by atoms with Gasteiger partial charge in [-0.1, -0.05) is 65.9 Å². The summed E-state index contributed by atoms with van der Waals surface area (Å²) in [6.07, 6.45) is 3.69. The quantitative estimate of drug-likeness (QED) is 0.350. The third kappa shape index (κ3) is 3.74. The van der Waals surface area contributed by atoms with Gasteiger partial charge in [-0.3, -0.25) is 9.36 Å². The second-order valence-electron chi connectivity index (χ2n) is 8.75. The highest BCUT2D eigenvalue weighted by atomic mass is 79.9. The van der Waals surface area contributed by atoms with Crippen molar-refractivity contribution in [2.75, 3.05) is 14.2 Å². The van der Waals surface area contributed by atoms with Crippen molar-refractivity contribution in [3.8, 4) is 11.5 Å². The summed E-state index contributed by atoms with van der Waals surface area (Å²) in [4.78, 5) is 19.7. The van der Waals surface area contributed by atoms with Gasteiger partial charge in [0.2, 0.25) is 0 Å². The number of allylic oxidation sites excluding steroid dienone is 1. The second-order valence-corrected chi connectivity index (χ2v) is 10.6. The van der Waals surface area contributed by atoms with Crippen LogP contribution in [0.25, 0.3) is 11.8 Å². The average molecular weight is 559 g/mol. The molecule has 1 aliphatic heterocycles. The third-order valence-electron chi connectivity index (χ3n) is 6.78. The molecule has 2 heterocycles. The number of aromatic nitrogens is 1. The summed E-state index contributed by atoms with van der Waals surface area (Å²) in [5.41, 5.74) is 6.51. The lowest BCUT2D eigenvalue weighted by molar-refractivity contribution is 0.392. The standard InChI is InChI=1S/C29H23BrN2O3S/c1-34-23-16-24(35-2)22(30)14-19(23)15-25-28(33)32-27(18-9-4-3-5-10-18)21-13-12-17-8-6-7-11-20(17)26(21)31-29(32)36-25/h3-11,14-16,27H,12-13H2,1-2H3/b25-15+/t27-/m1/s1. The van der Waals surface area contributed by atoms with Gasteiger partial charge in [0.15, 0.2) is 4.80 Å². The van der Waals surface area contributed by atoms with Gasteiger partial charge in [0.25, 0.3) is 5.56 Å². The predicted octanol–water partition coefficient (Wildman–Crippen LogP) is 5.10. The highest BCUT2D eigenvalue weighted by Gasteiger charge is 2.32. The predicted molar refractivity (Wildman–Crippen MR) is 146 cm³/mol. The summed E-state index contributed by atoms with van der Waals surface area (Å²) in [5, 5.41) is 0. The van der Waals surface area contributed by atoms with E-state index in [4.69, 9.17) is 14.5 Å². The SMILES string of the molecule is COc1cc(OC)c(/C=c2/sc3n(c2=O)[C@H](c2ccccc2)C2=C(N=3)c3ccccc3CC2)cc1Br. The zero-order valence-electron chi connectivity index (χ0n) is 19.8. The zero-order valence-corrected chi connectivity index (χ0v) is 22.2. The maximum absolute atomic E-state index is 13.9. The molecule has 180 valence electrons. The molecule has 0 fully saturated rings. The fraction of sp³-hybridized carbons (Fsp3) is 0.172. The van der Waals surface area contributed by atoms with Crippen molar-refractivity contribution in [1.82, 2.24) is 4.57 Å². The highest BCUT2D eigenvalue weighted by molar-refractivity contribution is 9.10. The van der Waals surface area contributed by atoms with Crippen LogP contribution < -0.4 is 24.4 Å². The Bertz CT molecular complexity index is 1700. The molecular formula is C29H23BrN2O3S. The first-order chi connectivity index (χ1) is 17.6. The lowest BCUT2D eigenvalue weighted by Crippen LogP contribution is -2.38. The lowest BCUT2D eigenvalue weighted by atomic mass is 9.83. The second kappa shape index (κ2) is 9.22. The summed E-state index contributed by atoms with van der Waals surface area (Å²) in [7, 11) is 3.23. The number of fused-ring (bicyclic) bond motifs is 3. The molecule has 4 aromatic rings. The summed E-state index contributed by atoms with van der Waals surface area (Å²) < 4.78 is 14.3. The van der Waals surface area contributed by atoms with Gasteiger partial charge in [0, 0.05) is 17.2 Å². The van der Waals surface area contributed by atoms with Gasteiger partial charge < -0.3 is 9.47 Å². The number of benzene rings is 3. The van der Waals surface area contributed by atoms with E-state index < -0.39 is 0 Å². The first-order valence-electron chi connectivity index (χ1n) is 11.7. The van der Waals surface area contributed by atoms with Crippen molar-refractivity contribution in [3.63, 3.8) is 0 Å². The molecule has 0 radical (unpaired) electrons. The molecular weight excluding hydrogens is 536 g/mol. The van der Waals surface area contributed by atoms with Crippen molar-refractivity contribution < 1.29 is 9.47 Å². The third-order valence-corrected chi connectivity index (χ3v) is 8.38. The van der Waals surface area contributed by atoms with Crippen LogP contribution in [0.15, 0.2) is 86.6 Å². The molecule has 3 aromatic carbocycles. The molecule has 0 spiro atoms. The van der Waals surface area contributed by atoms with Crippen LogP contribution in [-0.2, 0) is 6.42 Å². The summed E-state index contributed by atoms with van der Waals surface area (Å²) in [6.45, 7) is 0. The van der Waals surface area contributed by atoms with Crippen LogP contribution in [0.1, 0.15) is 34.7 Å². The number of ether oxygens (including phenoxy) is 2. The maximum Gasteiger partial charge on any atom is 0.271 e. The van der Waals surface area contributed by atoms with E-state index in [1.165, 1.54) is 22.5 Å². The minimum atomic E-state index is -0.183. The summed E-state index contributed by atoms with van der Waals surface area (Å²) >= 11 is 4.96. The normalized spacial score (nSPS) is 16.6. The first-order valence-corrected chi connectivity index (χ1v) is 13.3. The zero-order chi connectivity index (χ0) is 24.8. The maximum atomic E-state index is 13.9. The molecule has 0 bridgehead atoms. The Morgan fingerprint density at radius 2 is 1.75 bits per heavy atom. The van der Waals surface area contributed by atoms with Crippen LogP contribution in [0, 0.1) is 0 Å². The topological polar surface area (TPSA) is 52.8 Å².